The highest BCUT2D eigenvalue weighted by Crippen LogP contribution is 2.25. The molecular weight excluding hydrogens is 303 g/mol. The quantitative estimate of drug-likeness (QED) is 0.741. The second-order valence-corrected chi connectivity index (χ2v) is 5.10. The van der Waals surface area contributed by atoms with Crippen LogP contribution in [0.5, 0.6) is 0 Å². The van der Waals surface area contributed by atoms with Gasteiger partial charge in [-0.1, -0.05) is 41.1 Å². The molecule has 0 amide bonds. The first kappa shape index (κ1) is 14.2. The van der Waals surface area contributed by atoms with Gasteiger partial charge in [0, 0.05) is 10.6 Å². The van der Waals surface area contributed by atoms with E-state index in [1.54, 1.807) is 30.3 Å². The lowest BCUT2D eigenvalue weighted by atomic mass is 10.1. The second kappa shape index (κ2) is 5.96. The van der Waals surface area contributed by atoms with Crippen LogP contribution >= 0.6 is 11.6 Å². The van der Waals surface area contributed by atoms with Crippen LogP contribution in [-0.2, 0) is 6.54 Å². The number of hydrogen-bond acceptors (Lipinski definition) is 3. The number of hydrogen-bond donors (Lipinski definition) is 0. The van der Waals surface area contributed by atoms with E-state index in [0.717, 1.165) is 5.56 Å². The molecular formula is C16H10ClFN4. The third-order valence-corrected chi connectivity index (χ3v) is 3.47. The minimum absolute atomic E-state index is 0.0964. The van der Waals surface area contributed by atoms with Gasteiger partial charge in [-0.25, -0.2) is 9.07 Å². The molecule has 0 aliphatic heterocycles. The van der Waals surface area contributed by atoms with Crippen molar-refractivity contribution < 1.29 is 4.39 Å². The molecule has 0 radical (unpaired) electrons. The third-order valence-electron chi connectivity index (χ3n) is 3.22. The first-order valence-electron chi connectivity index (χ1n) is 6.52. The van der Waals surface area contributed by atoms with E-state index >= 15 is 0 Å². The SMILES string of the molecule is N#Cc1nnn(Cc2ccc(Cl)cc2)c1-c1ccccc1F. The van der Waals surface area contributed by atoms with Crippen molar-refractivity contribution >= 4 is 11.6 Å². The van der Waals surface area contributed by atoms with Crippen LogP contribution < -0.4 is 0 Å². The molecule has 0 atom stereocenters. The van der Waals surface area contributed by atoms with Crippen LogP contribution in [0.25, 0.3) is 11.3 Å². The number of aromatic nitrogens is 3. The summed E-state index contributed by atoms with van der Waals surface area (Å²) in [5, 5.41) is 17.6. The maximum Gasteiger partial charge on any atom is 0.190 e. The molecule has 1 aromatic heterocycles. The lowest BCUT2D eigenvalue weighted by molar-refractivity contribution is 0.621. The van der Waals surface area contributed by atoms with Crippen LogP contribution in [0.4, 0.5) is 4.39 Å². The molecule has 2 aromatic carbocycles. The zero-order chi connectivity index (χ0) is 15.5. The molecule has 22 heavy (non-hydrogen) atoms. The topological polar surface area (TPSA) is 54.5 Å². The van der Waals surface area contributed by atoms with Crippen molar-refractivity contribution in [2.75, 3.05) is 0 Å². The van der Waals surface area contributed by atoms with Gasteiger partial charge in [-0.3, -0.25) is 0 Å². The molecule has 0 bridgehead atoms. The number of nitrogens with zero attached hydrogens (tertiary/aromatic N) is 4. The van der Waals surface area contributed by atoms with Crippen molar-refractivity contribution in [3.63, 3.8) is 0 Å². The Morgan fingerprint density at radius 1 is 1.14 bits per heavy atom. The van der Waals surface area contributed by atoms with Crippen LogP contribution in [-0.4, -0.2) is 15.0 Å². The van der Waals surface area contributed by atoms with E-state index in [4.69, 9.17) is 11.6 Å². The number of nitriles is 1. The summed E-state index contributed by atoms with van der Waals surface area (Å²) < 4.78 is 15.6. The van der Waals surface area contributed by atoms with E-state index in [2.05, 4.69) is 10.3 Å². The van der Waals surface area contributed by atoms with Crippen LogP contribution in [0.1, 0.15) is 11.3 Å². The molecule has 3 aromatic rings. The largest absolute Gasteiger partial charge is 0.239 e. The van der Waals surface area contributed by atoms with Crippen molar-refractivity contribution in [2.45, 2.75) is 6.54 Å². The Morgan fingerprint density at radius 3 is 2.55 bits per heavy atom. The van der Waals surface area contributed by atoms with Gasteiger partial charge < -0.3 is 0 Å². The summed E-state index contributed by atoms with van der Waals surface area (Å²) in [6.07, 6.45) is 0. The first-order valence-corrected chi connectivity index (χ1v) is 6.90. The molecule has 108 valence electrons. The fourth-order valence-corrected chi connectivity index (χ4v) is 2.31. The van der Waals surface area contributed by atoms with Crippen molar-refractivity contribution in [2.24, 2.45) is 0 Å². The number of benzene rings is 2. The highest BCUT2D eigenvalue weighted by atomic mass is 35.5. The standard InChI is InChI=1S/C16H10ClFN4/c17-12-7-5-11(6-8-12)10-22-16(15(9-19)20-21-22)13-3-1-2-4-14(13)18/h1-8H,10H2. The highest BCUT2D eigenvalue weighted by Gasteiger charge is 2.18. The van der Waals surface area contributed by atoms with Gasteiger partial charge in [0.05, 0.1) is 6.54 Å². The molecule has 0 fully saturated rings. The van der Waals surface area contributed by atoms with E-state index in [0.29, 0.717) is 22.8 Å². The summed E-state index contributed by atoms with van der Waals surface area (Å²) in [7, 11) is 0. The summed E-state index contributed by atoms with van der Waals surface area (Å²) in [5.74, 6) is -0.418. The lowest BCUT2D eigenvalue weighted by Gasteiger charge is -2.08. The Labute approximate surface area is 131 Å². The molecule has 3 rings (SSSR count). The predicted molar refractivity (Wildman–Crippen MR) is 80.7 cm³/mol. The molecule has 0 saturated carbocycles. The number of rotatable bonds is 3. The minimum atomic E-state index is -0.418. The highest BCUT2D eigenvalue weighted by molar-refractivity contribution is 6.30. The summed E-state index contributed by atoms with van der Waals surface area (Å²) in [4.78, 5) is 0. The van der Waals surface area contributed by atoms with Crippen molar-refractivity contribution in [3.05, 3.63) is 70.6 Å². The maximum absolute atomic E-state index is 14.0. The van der Waals surface area contributed by atoms with Gasteiger partial charge in [-0.2, -0.15) is 5.26 Å². The zero-order valence-electron chi connectivity index (χ0n) is 11.4. The fourth-order valence-electron chi connectivity index (χ4n) is 2.18. The smallest absolute Gasteiger partial charge is 0.190 e. The Bertz CT molecular complexity index is 849. The fraction of sp³-hybridized carbons (Fsp3) is 0.0625. The van der Waals surface area contributed by atoms with Crippen molar-refractivity contribution in [1.29, 1.82) is 5.26 Å². The van der Waals surface area contributed by atoms with Crippen molar-refractivity contribution in [3.8, 4) is 17.3 Å². The van der Waals surface area contributed by atoms with Gasteiger partial charge in [-0.05, 0) is 29.8 Å². The van der Waals surface area contributed by atoms with Crippen LogP contribution in [0, 0.1) is 17.1 Å². The van der Waals surface area contributed by atoms with Gasteiger partial charge >= 0.3 is 0 Å². The van der Waals surface area contributed by atoms with E-state index < -0.39 is 5.82 Å². The van der Waals surface area contributed by atoms with E-state index in [9.17, 15) is 9.65 Å². The Hall–Kier alpha value is -2.71. The molecule has 6 heteroatoms. The summed E-state index contributed by atoms with van der Waals surface area (Å²) in [5.41, 5.74) is 1.70. The molecule has 4 nitrogen and oxygen atoms in total. The van der Waals surface area contributed by atoms with E-state index in [-0.39, 0.29) is 5.69 Å². The van der Waals surface area contributed by atoms with Gasteiger partial charge in [0.25, 0.3) is 0 Å². The Kier molecular flexibility index (Phi) is 3.86. The van der Waals surface area contributed by atoms with E-state index in [1.807, 2.05) is 18.2 Å². The monoisotopic (exact) mass is 312 g/mol. The van der Waals surface area contributed by atoms with Gasteiger partial charge in [0.1, 0.15) is 17.6 Å². The van der Waals surface area contributed by atoms with Crippen LogP contribution in [0.2, 0.25) is 5.02 Å². The van der Waals surface area contributed by atoms with Gasteiger partial charge in [0.2, 0.25) is 0 Å². The van der Waals surface area contributed by atoms with Crippen LogP contribution in [0.3, 0.4) is 0 Å². The van der Waals surface area contributed by atoms with E-state index in [1.165, 1.54) is 10.7 Å². The summed E-state index contributed by atoms with van der Waals surface area (Å²) in [6, 6.07) is 15.4. The average Bonchev–Trinajstić information content (AvgIpc) is 2.93. The normalized spacial score (nSPS) is 10.4. The third kappa shape index (κ3) is 2.69. The van der Waals surface area contributed by atoms with Crippen molar-refractivity contribution in [1.82, 2.24) is 15.0 Å². The Balaban J connectivity index is 2.06. The lowest BCUT2D eigenvalue weighted by Crippen LogP contribution is -2.05. The molecule has 0 unspecified atom stereocenters. The van der Waals surface area contributed by atoms with Gasteiger partial charge in [0.15, 0.2) is 5.69 Å². The average molecular weight is 313 g/mol. The minimum Gasteiger partial charge on any atom is -0.239 e. The predicted octanol–water partition coefficient (Wildman–Crippen LogP) is 3.66. The number of halogens is 2. The van der Waals surface area contributed by atoms with Crippen LogP contribution in [0.15, 0.2) is 48.5 Å². The molecule has 0 saturated heterocycles. The molecule has 0 aliphatic carbocycles. The molecule has 0 spiro atoms. The summed E-state index contributed by atoms with van der Waals surface area (Å²) in [6.45, 7) is 0.371. The maximum atomic E-state index is 14.0. The molecule has 1 heterocycles. The second-order valence-electron chi connectivity index (χ2n) is 4.66. The van der Waals surface area contributed by atoms with Gasteiger partial charge in [-0.15, -0.1) is 5.10 Å². The first-order chi connectivity index (χ1) is 10.7. The Morgan fingerprint density at radius 2 is 1.86 bits per heavy atom. The zero-order valence-corrected chi connectivity index (χ0v) is 12.1. The molecule has 0 aliphatic rings. The molecule has 0 N–H and O–H groups in total. The summed E-state index contributed by atoms with van der Waals surface area (Å²) >= 11 is 5.86.